The Labute approximate surface area is 133 Å². The molecule has 1 atom stereocenters. The zero-order valence-corrected chi connectivity index (χ0v) is 13.5. The van der Waals surface area contributed by atoms with Gasteiger partial charge in [0.05, 0.1) is 0 Å². The van der Waals surface area contributed by atoms with E-state index in [4.69, 9.17) is 5.73 Å². The first-order valence-electron chi connectivity index (χ1n) is 7.22. The van der Waals surface area contributed by atoms with Crippen LogP contribution >= 0.6 is 11.3 Å². The lowest BCUT2D eigenvalue weighted by atomic mass is 10.0. The highest BCUT2D eigenvalue weighted by Crippen LogP contribution is 2.23. The first-order chi connectivity index (χ1) is 10.5. The molecule has 1 amide bonds. The summed E-state index contributed by atoms with van der Waals surface area (Å²) in [5.74, 6) is -0.0579. The molecule has 0 aliphatic carbocycles. The fourth-order valence-electron chi connectivity index (χ4n) is 2.15. The van der Waals surface area contributed by atoms with Gasteiger partial charge >= 0.3 is 0 Å². The van der Waals surface area contributed by atoms with Crippen molar-refractivity contribution in [2.45, 2.75) is 26.3 Å². The Bertz CT molecular complexity index is 625. The molecule has 118 valence electrons. The van der Waals surface area contributed by atoms with Crippen LogP contribution in [0.3, 0.4) is 0 Å². The van der Waals surface area contributed by atoms with Crippen LogP contribution in [0.1, 0.15) is 30.8 Å². The van der Waals surface area contributed by atoms with Gasteiger partial charge in [0, 0.05) is 23.5 Å². The number of nitrogens with one attached hydrogen (secondary N) is 1. The number of carbonyl (C=O) groups excluding carboxylic acids is 1. The predicted octanol–water partition coefficient (Wildman–Crippen LogP) is 3.05. The third kappa shape index (κ3) is 4.35. The van der Waals surface area contributed by atoms with Crippen molar-refractivity contribution in [1.29, 1.82) is 0 Å². The summed E-state index contributed by atoms with van der Waals surface area (Å²) in [6.07, 6.45) is 0.831. The second-order valence-electron chi connectivity index (χ2n) is 5.58. The van der Waals surface area contributed by atoms with Gasteiger partial charge in [0.25, 0.3) is 5.91 Å². The summed E-state index contributed by atoms with van der Waals surface area (Å²) in [7, 11) is 0. The number of carbonyl (C=O) groups is 1. The first-order valence-corrected chi connectivity index (χ1v) is 8.10. The second-order valence-corrected chi connectivity index (χ2v) is 6.44. The summed E-state index contributed by atoms with van der Waals surface area (Å²) < 4.78 is 12.9. The van der Waals surface area contributed by atoms with Crippen LogP contribution in [0, 0.1) is 11.7 Å². The van der Waals surface area contributed by atoms with Gasteiger partial charge in [-0.1, -0.05) is 13.8 Å². The molecule has 0 saturated carbocycles. The van der Waals surface area contributed by atoms with E-state index in [0.717, 1.165) is 12.0 Å². The summed E-state index contributed by atoms with van der Waals surface area (Å²) in [6, 6.07) is 6.00. The number of nitrogens with two attached hydrogens (primary N) is 1. The molecule has 3 N–H and O–H groups in total. The highest BCUT2D eigenvalue weighted by molar-refractivity contribution is 7.13. The second kappa shape index (κ2) is 7.47. The molecule has 1 aromatic heterocycles. The van der Waals surface area contributed by atoms with Gasteiger partial charge in [0.1, 0.15) is 16.5 Å². The number of halogens is 1. The molecule has 0 radical (unpaired) electrons. The Kier molecular flexibility index (Phi) is 5.63. The number of aromatic nitrogens is 1. The number of benzene rings is 1. The van der Waals surface area contributed by atoms with Crippen molar-refractivity contribution in [3.8, 4) is 10.6 Å². The van der Waals surface area contributed by atoms with E-state index in [1.54, 1.807) is 17.5 Å². The van der Waals surface area contributed by atoms with Crippen LogP contribution in [0.25, 0.3) is 10.6 Å². The fourth-order valence-corrected chi connectivity index (χ4v) is 2.95. The molecule has 2 aromatic rings. The largest absolute Gasteiger partial charge is 0.347 e. The SMILES string of the molecule is CC(C)CC(CN)NC(=O)c1csc(-c2ccc(F)cc2)n1. The number of nitrogens with zero attached hydrogens (tertiary/aromatic N) is 1. The van der Waals surface area contributed by atoms with Crippen molar-refractivity contribution < 1.29 is 9.18 Å². The quantitative estimate of drug-likeness (QED) is 0.859. The maximum absolute atomic E-state index is 12.9. The molecule has 0 aliphatic rings. The summed E-state index contributed by atoms with van der Waals surface area (Å²) in [5.41, 5.74) is 6.85. The van der Waals surface area contributed by atoms with E-state index in [-0.39, 0.29) is 17.8 Å². The Morgan fingerprint density at radius 3 is 2.64 bits per heavy atom. The van der Waals surface area contributed by atoms with Gasteiger partial charge in [-0.25, -0.2) is 9.37 Å². The molecule has 0 saturated heterocycles. The normalized spacial score (nSPS) is 12.4. The highest BCUT2D eigenvalue weighted by atomic mass is 32.1. The summed E-state index contributed by atoms with van der Waals surface area (Å²) in [6.45, 7) is 4.58. The van der Waals surface area contributed by atoms with Crippen LogP contribution < -0.4 is 11.1 Å². The third-order valence-electron chi connectivity index (χ3n) is 3.20. The number of rotatable bonds is 6. The van der Waals surface area contributed by atoms with E-state index in [0.29, 0.717) is 23.2 Å². The van der Waals surface area contributed by atoms with E-state index >= 15 is 0 Å². The highest BCUT2D eigenvalue weighted by Gasteiger charge is 2.16. The molecule has 0 spiro atoms. The minimum absolute atomic E-state index is 0.0523. The first kappa shape index (κ1) is 16.6. The molecule has 0 aliphatic heterocycles. The summed E-state index contributed by atoms with van der Waals surface area (Å²) >= 11 is 1.36. The van der Waals surface area contributed by atoms with E-state index < -0.39 is 0 Å². The summed E-state index contributed by atoms with van der Waals surface area (Å²) in [4.78, 5) is 16.5. The number of amides is 1. The Hall–Kier alpha value is -1.79. The standard InChI is InChI=1S/C16H20FN3OS/c1-10(2)7-13(8-18)19-15(21)14-9-22-16(20-14)11-3-5-12(17)6-4-11/h3-6,9-10,13H,7-8,18H2,1-2H3,(H,19,21). The van der Waals surface area contributed by atoms with E-state index in [1.807, 2.05) is 0 Å². The van der Waals surface area contributed by atoms with Gasteiger partial charge in [-0.05, 0) is 36.6 Å². The molecular weight excluding hydrogens is 301 g/mol. The fraction of sp³-hybridized carbons (Fsp3) is 0.375. The minimum Gasteiger partial charge on any atom is -0.347 e. The molecule has 4 nitrogen and oxygen atoms in total. The Morgan fingerprint density at radius 2 is 2.05 bits per heavy atom. The van der Waals surface area contributed by atoms with Gasteiger partial charge in [-0.15, -0.1) is 11.3 Å². The monoisotopic (exact) mass is 321 g/mol. The maximum Gasteiger partial charge on any atom is 0.271 e. The average molecular weight is 321 g/mol. The van der Waals surface area contributed by atoms with Crippen LogP contribution in [0.2, 0.25) is 0 Å². The molecule has 0 bridgehead atoms. The average Bonchev–Trinajstić information content (AvgIpc) is 2.96. The van der Waals surface area contributed by atoms with Crippen molar-refractivity contribution >= 4 is 17.2 Å². The zero-order chi connectivity index (χ0) is 16.1. The van der Waals surface area contributed by atoms with Crippen LogP contribution in [-0.2, 0) is 0 Å². The van der Waals surface area contributed by atoms with Gasteiger partial charge in [-0.3, -0.25) is 4.79 Å². The number of hydrogen-bond donors (Lipinski definition) is 2. The maximum atomic E-state index is 12.9. The molecule has 22 heavy (non-hydrogen) atoms. The molecule has 1 unspecified atom stereocenters. The lowest BCUT2D eigenvalue weighted by Crippen LogP contribution is -2.41. The lowest BCUT2D eigenvalue weighted by molar-refractivity contribution is 0.0929. The van der Waals surface area contributed by atoms with Crippen LogP contribution in [0.5, 0.6) is 0 Å². The topological polar surface area (TPSA) is 68.0 Å². The van der Waals surface area contributed by atoms with Gasteiger partial charge in [-0.2, -0.15) is 0 Å². The van der Waals surface area contributed by atoms with E-state index in [9.17, 15) is 9.18 Å². The van der Waals surface area contributed by atoms with Gasteiger partial charge in [0.2, 0.25) is 0 Å². The zero-order valence-electron chi connectivity index (χ0n) is 12.7. The van der Waals surface area contributed by atoms with Crippen LogP contribution in [0.4, 0.5) is 4.39 Å². The van der Waals surface area contributed by atoms with Crippen molar-refractivity contribution in [2.75, 3.05) is 6.54 Å². The van der Waals surface area contributed by atoms with E-state index in [2.05, 4.69) is 24.1 Å². The molecular formula is C16H20FN3OS. The minimum atomic E-state index is -0.294. The van der Waals surface area contributed by atoms with Gasteiger partial charge < -0.3 is 11.1 Å². The smallest absolute Gasteiger partial charge is 0.271 e. The van der Waals surface area contributed by atoms with E-state index in [1.165, 1.54) is 23.5 Å². The van der Waals surface area contributed by atoms with Crippen LogP contribution in [-0.4, -0.2) is 23.5 Å². The number of hydrogen-bond acceptors (Lipinski definition) is 4. The van der Waals surface area contributed by atoms with Crippen molar-refractivity contribution in [3.05, 3.63) is 41.2 Å². The van der Waals surface area contributed by atoms with Crippen LogP contribution in [0.15, 0.2) is 29.6 Å². The predicted molar refractivity (Wildman–Crippen MR) is 87.3 cm³/mol. The molecule has 6 heteroatoms. The number of thiazole rings is 1. The third-order valence-corrected chi connectivity index (χ3v) is 4.10. The van der Waals surface area contributed by atoms with Crippen molar-refractivity contribution in [2.24, 2.45) is 11.7 Å². The lowest BCUT2D eigenvalue weighted by Gasteiger charge is -2.18. The Balaban J connectivity index is 2.07. The molecule has 1 heterocycles. The Morgan fingerprint density at radius 1 is 1.36 bits per heavy atom. The molecule has 2 rings (SSSR count). The van der Waals surface area contributed by atoms with Gasteiger partial charge in [0.15, 0.2) is 0 Å². The van der Waals surface area contributed by atoms with Crippen molar-refractivity contribution in [3.63, 3.8) is 0 Å². The molecule has 1 aromatic carbocycles. The molecule has 0 fully saturated rings. The summed E-state index contributed by atoms with van der Waals surface area (Å²) in [5, 5.41) is 5.31. The van der Waals surface area contributed by atoms with Crippen molar-refractivity contribution in [1.82, 2.24) is 10.3 Å².